The molecule has 0 unspecified atom stereocenters. The van der Waals surface area contributed by atoms with Crippen LogP contribution in [0, 0.1) is 0 Å². The Kier molecular flexibility index (Phi) is 7.76. The van der Waals surface area contributed by atoms with Crippen LogP contribution in [0.1, 0.15) is 16.1 Å². The van der Waals surface area contributed by atoms with Gasteiger partial charge in [-0.05, 0) is 51.8 Å². The molecule has 2 aromatic carbocycles. The van der Waals surface area contributed by atoms with Gasteiger partial charge >= 0.3 is 6.18 Å². The minimum atomic E-state index is -4.37. The standard InChI is InChI=1S/C27H25BrF3N5O3/c1-34-22-13-21(39-25-15-32-24(28)14-33-25)7-4-19(22)12-23(34)26(37)36-10-8-35(9-11-36)16-18-2-5-20(6-3-18)38-17-27(29,30)31/h2-7,12-15H,8-11,16-17H2,1H3. The van der Waals surface area contributed by atoms with Crippen LogP contribution in [0.4, 0.5) is 13.2 Å². The van der Waals surface area contributed by atoms with Crippen LogP contribution in [0.2, 0.25) is 0 Å². The number of rotatable bonds is 7. The quantitative estimate of drug-likeness (QED) is 0.281. The highest BCUT2D eigenvalue weighted by Gasteiger charge is 2.28. The van der Waals surface area contributed by atoms with E-state index in [0.29, 0.717) is 54.7 Å². The van der Waals surface area contributed by atoms with Crippen molar-refractivity contribution in [2.24, 2.45) is 7.05 Å². The first kappa shape index (κ1) is 26.9. The van der Waals surface area contributed by atoms with Crippen LogP contribution in [0.3, 0.4) is 0 Å². The maximum atomic E-state index is 13.4. The molecule has 0 radical (unpaired) electrons. The van der Waals surface area contributed by atoms with Gasteiger partial charge in [0.15, 0.2) is 6.61 Å². The summed E-state index contributed by atoms with van der Waals surface area (Å²) in [5, 5.41) is 0.927. The molecule has 1 saturated heterocycles. The molecule has 1 aliphatic rings. The molecule has 4 aromatic rings. The van der Waals surface area contributed by atoms with Crippen molar-refractivity contribution in [2.45, 2.75) is 12.7 Å². The van der Waals surface area contributed by atoms with Crippen molar-refractivity contribution in [3.8, 4) is 17.4 Å². The van der Waals surface area contributed by atoms with Crippen molar-refractivity contribution in [3.63, 3.8) is 0 Å². The highest BCUT2D eigenvalue weighted by Crippen LogP contribution is 2.28. The Bertz CT molecular complexity index is 1450. The summed E-state index contributed by atoms with van der Waals surface area (Å²) in [5.41, 5.74) is 2.42. The first-order chi connectivity index (χ1) is 18.6. The largest absolute Gasteiger partial charge is 0.484 e. The Balaban J connectivity index is 1.18. The number of fused-ring (bicyclic) bond motifs is 1. The number of carbonyl (C=O) groups excluding carboxylic acids is 1. The summed E-state index contributed by atoms with van der Waals surface area (Å²) in [6, 6.07) is 14.1. The molecule has 0 saturated carbocycles. The van der Waals surface area contributed by atoms with E-state index in [0.717, 1.165) is 16.5 Å². The number of halogens is 4. The molecule has 1 aliphatic heterocycles. The molecule has 2 aromatic heterocycles. The third-order valence-electron chi connectivity index (χ3n) is 6.45. The van der Waals surface area contributed by atoms with Gasteiger partial charge in [0.05, 0.1) is 17.9 Å². The molecular formula is C27H25BrF3N5O3. The lowest BCUT2D eigenvalue weighted by Gasteiger charge is -2.34. The number of nitrogens with zero attached hydrogens (tertiary/aromatic N) is 5. The Morgan fingerprint density at radius 3 is 2.36 bits per heavy atom. The highest BCUT2D eigenvalue weighted by atomic mass is 79.9. The normalized spacial score (nSPS) is 14.5. The zero-order chi connectivity index (χ0) is 27.6. The summed E-state index contributed by atoms with van der Waals surface area (Å²) in [7, 11) is 1.86. The number of aromatic nitrogens is 3. The highest BCUT2D eigenvalue weighted by molar-refractivity contribution is 9.10. The van der Waals surface area contributed by atoms with E-state index in [-0.39, 0.29) is 11.7 Å². The lowest BCUT2D eigenvalue weighted by molar-refractivity contribution is -0.153. The summed E-state index contributed by atoms with van der Waals surface area (Å²) in [6.07, 6.45) is -1.29. The summed E-state index contributed by atoms with van der Waals surface area (Å²) in [6.45, 7) is 1.85. The number of hydrogen-bond donors (Lipinski definition) is 0. The Morgan fingerprint density at radius 2 is 1.69 bits per heavy atom. The fourth-order valence-corrected chi connectivity index (χ4v) is 4.64. The van der Waals surface area contributed by atoms with Gasteiger partial charge in [0.1, 0.15) is 21.8 Å². The van der Waals surface area contributed by atoms with E-state index in [1.54, 1.807) is 30.5 Å². The van der Waals surface area contributed by atoms with Gasteiger partial charge in [-0.15, -0.1) is 0 Å². The smallest absolute Gasteiger partial charge is 0.422 e. The van der Waals surface area contributed by atoms with E-state index < -0.39 is 12.8 Å². The average Bonchev–Trinajstić information content (AvgIpc) is 3.25. The molecule has 5 rings (SSSR count). The van der Waals surface area contributed by atoms with E-state index >= 15 is 0 Å². The zero-order valence-corrected chi connectivity index (χ0v) is 22.6. The average molecular weight is 604 g/mol. The minimum absolute atomic E-state index is 0.0410. The molecule has 1 fully saturated rings. The van der Waals surface area contributed by atoms with E-state index in [9.17, 15) is 18.0 Å². The van der Waals surface area contributed by atoms with E-state index in [1.807, 2.05) is 40.8 Å². The number of aryl methyl sites for hydroxylation is 1. The summed E-state index contributed by atoms with van der Waals surface area (Å²) in [5.74, 6) is 1.10. The molecule has 0 aliphatic carbocycles. The van der Waals surface area contributed by atoms with Crippen LogP contribution in [-0.2, 0) is 13.6 Å². The van der Waals surface area contributed by atoms with Gasteiger partial charge in [0.25, 0.3) is 5.91 Å². The lowest BCUT2D eigenvalue weighted by Crippen LogP contribution is -2.48. The molecular weight excluding hydrogens is 579 g/mol. The van der Waals surface area contributed by atoms with Crippen molar-refractivity contribution in [1.29, 1.82) is 0 Å². The van der Waals surface area contributed by atoms with Crippen molar-refractivity contribution < 1.29 is 27.4 Å². The van der Waals surface area contributed by atoms with Gasteiger partial charge in [0, 0.05) is 51.2 Å². The molecule has 0 spiro atoms. The second-order valence-corrected chi connectivity index (χ2v) is 10.0. The van der Waals surface area contributed by atoms with Crippen molar-refractivity contribution in [1.82, 2.24) is 24.3 Å². The maximum Gasteiger partial charge on any atom is 0.422 e. The lowest BCUT2D eigenvalue weighted by atomic mass is 10.2. The van der Waals surface area contributed by atoms with E-state index in [4.69, 9.17) is 9.47 Å². The molecule has 3 heterocycles. The van der Waals surface area contributed by atoms with E-state index in [1.165, 1.54) is 6.20 Å². The summed E-state index contributed by atoms with van der Waals surface area (Å²) >= 11 is 3.25. The molecule has 8 nitrogen and oxygen atoms in total. The third-order valence-corrected chi connectivity index (χ3v) is 6.86. The van der Waals surface area contributed by atoms with Gasteiger partial charge in [-0.3, -0.25) is 9.69 Å². The predicted molar refractivity (Wildman–Crippen MR) is 142 cm³/mol. The first-order valence-electron chi connectivity index (χ1n) is 12.2. The second-order valence-electron chi connectivity index (χ2n) is 9.20. The predicted octanol–water partition coefficient (Wildman–Crippen LogP) is 5.42. The Hall–Kier alpha value is -3.64. The fourth-order valence-electron chi connectivity index (χ4n) is 4.44. The number of ether oxygens (including phenoxy) is 2. The molecule has 39 heavy (non-hydrogen) atoms. The summed E-state index contributed by atoms with van der Waals surface area (Å²) < 4.78 is 50.1. The van der Waals surface area contributed by atoms with Crippen molar-refractivity contribution in [2.75, 3.05) is 32.8 Å². The zero-order valence-electron chi connectivity index (χ0n) is 21.0. The molecule has 204 valence electrons. The number of piperazine rings is 1. The van der Waals surface area contributed by atoms with Crippen molar-refractivity contribution in [3.05, 3.63) is 76.8 Å². The molecule has 1 amide bonds. The monoisotopic (exact) mass is 603 g/mol. The molecule has 0 bridgehead atoms. The van der Waals surface area contributed by atoms with Crippen molar-refractivity contribution >= 4 is 32.7 Å². The topological polar surface area (TPSA) is 72.7 Å². The van der Waals surface area contributed by atoms with Crippen LogP contribution >= 0.6 is 15.9 Å². The van der Waals surface area contributed by atoms with Crippen LogP contribution < -0.4 is 9.47 Å². The third kappa shape index (κ3) is 6.69. The van der Waals surface area contributed by atoms with Gasteiger partial charge < -0.3 is 18.9 Å². The van der Waals surface area contributed by atoms with Gasteiger partial charge in [0.2, 0.25) is 5.88 Å². The molecule has 0 N–H and O–H groups in total. The van der Waals surface area contributed by atoms with Gasteiger partial charge in [-0.1, -0.05) is 12.1 Å². The second kappa shape index (κ2) is 11.2. The van der Waals surface area contributed by atoms with Crippen LogP contribution in [0.5, 0.6) is 17.4 Å². The Morgan fingerprint density at radius 1 is 0.974 bits per heavy atom. The number of carbonyl (C=O) groups is 1. The SMILES string of the molecule is Cn1c(C(=O)N2CCN(Cc3ccc(OCC(F)(F)F)cc3)CC2)cc2ccc(Oc3cnc(Br)cn3)cc21. The number of hydrogen-bond acceptors (Lipinski definition) is 6. The number of amides is 1. The number of alkyl halides is 3. The van der Waals surface area contributed by atoms with E-state index in [2.05, 4.69) is 30.8 Å². The first-order valence-corrected chi connectivity index (χ1v) is 13.0. The van der Waals surface area contributed by atoms with Crippen LogP contribution in [-0.4, -0.2) is 69.2 Å². The summed E-state index contributed by atoms with van der Waals surface area (Å²) in [4.78, 5) is 25.7. The van der Waals surface area contributed by atoms with Crippen LogP contribution in [0.15, 0.2) is 65.5 Å². The molecule has 0 atom stereocenters. The minimum Gasteiger partial charge on any atom is -0.484 e. The fraction of sp³-hybridized carbons (Fsp3) is 0.296. The Labute approximate surface area is 231 Å². The van der Waals surface area contributed by atoms with Gasteiger partial charge in [-0.2, -0.15) is 13.2 Å². The number of benzene rings is 2. The van der Waals surface area contributed by atoms with Crippen LogP contribution in [0.25, 0.3) is 10.9 Å². The maximum absolute atomic E-state index is 13.4. The molecule has 12 heteroatoms. The van der Waals surface area contributed by atoms with Gasteiger partial charge in [-0.25, -0.2) is 9.97 Å².